The molecule has 9 heteroatoms. The third kappa shape index (κ3) is 4.51. The number of hydrogen-bond acceptors (Lipinski definition) is 3. The zero-order valence-electron chi connectivity index (χ0n) is 16.9. The van der Waals surface area contributed by atoms with Crippen LogP contribution in [0.2, 0.25) is 0 Å². The van der Waals surface area contributed by atoms with Crippen LogP contribution >= 0.6 is 0 Å². The van der Waals surface area contributed by atoms with Gasteiger partial charge in [0.15, 0.2) is 0 Å². The third-order valence-corrected chi connectivity index (χ3v) is 5.00. The number of carbonyl (C=O) groups is 1. The van der Waals surface area contributed by atoms with Gasteiger partial charge in [-0.3, -0.25) is 4.40 Å². The van der Waals surface area contributed by atoms with E-state index in [0.717, 1.165) is 27.9 Å². The number of rotatable bonds is 4. The van der Waals surface area contributed by atoms with Crippen LogP contribution in [0.3, 0.4) is 0 Å². The van der Waals surface area contributed by atoms with E-state index in [1.807, 2.05) is 41.8 Å². The second kappa shape index (κ2) is 8.26. The third-order valence-electron chi connectivity index (χ3n) is 5.00. The molecular formula is C23H19F3N4O2. The molecule has 0 aliphatic heterocycles. The van der Waals surface area contributed by atoms with E-state index in [-0.39, 0.29) is 5.75 Å². The number of halogens is 3. The zero-order chi connectivity index (χ0) is 22.9. The first kappa shape index (κ1) is 21.2. The number of imidazole rings is 1. The summed E-state index contributed by atoms with van der Waals surface area (Å²) in [6.07, 6.45) is -0.949. The topological polar surface area (TPSA) is 78.7 Å². The molecule has 0 bridgehead atoms. The van der Waals surface area contributed by atoms with Crippen LogP contribution in [0.25, 0.3) is 28.0 Å². The van der Waals surface area contributed by atoms with E-state index in [4.69, 9.17) is 0 Å². The summed E-state index contributed by atoms with van der Waals surface area (Å²) in [5, 5.41) is 14.2. The van der Waals surface area contributed by atoms with Gasteiger partial charge in [0.1, 0.15) is 17.9 Å². The summed E-state index contributed by atoms with van der Waals surface area (Å²) in [5.41, 5.74) is 5.08. The van der Waals surface area contributed by atoms with Crippen molar-refractivity contribution in [1.29, 1.82) is 0 Å². The SMILES string of the molecule is Cc1c(O)cccc1-c1ccn2c(-c3cccc(NC(=O)NCC(F)(F)F)c3)cnc2c1. The second-order valence-electron chi connectivity index (χ2n) is 7.24. The lowest BCUT2D eigenvalue weighted by Crippen LogP contribution is -2.36. The Hall–Kier alpha value is -4.01. The fourth-order valence-electron chi connectivity index (χ4n) is 3.41. The van der Waals surface area contributed by atoms with Gasteiger partial charge in [0.25, 0.3) is 0 Å². The number of nitrogens with one attached hydrogen (secondary N) is 2. The van der Waals surface area contributed by atoms with Crippen LogP contribution < -0.4 is 10.6 Å². The number of urea groups is 1. The number of phenolic OH excluding ortho intramolecular Hbond substituents is 1. The Kier molecular flexibility index (Phi) is 5.48. The number of amides is 2. The fourth-order valence-corrected chi connectivity index (χ4v) is 3.41. The molecule has 2 aromatic carbocycles. The molecule has 6 nitrogen and oxygen atoms in total. The summed E-state index contributed by atoms with van der Waals surface area (Å²) in [4.78, 5) is 16.2. The average Bonchev–Trinajstić information content (AvgIpc) is 3.17. The lowest BCUT2D eigenvalue weighted by atomic mass is 10.0. The number of anilines is 1. The summed E-state index contributed by atoms with van der Waals surface area (Å²) in [6.45, 7) is 0.433. The molecule has 0 saturated carbocycles. The van der Waals surface area contributed by atoms with E-state index in [1.54, 1.807) is 41.8 Å². The number of fused-ring (bicyclic) bond motifs is 1. The van der Waals surface area contributed by atoms with E-state index in [1.165, 1.54) is 0 Å². The van der Waals surface area contributed by atoms with E-state index >= 15 is 0 Å². The van der Waals surface area contributed by atoms with Gasteiger partial charge in [-0.1, -0.05) is 24.3 Å². The number of alkyl halides is 3. The minimum atomic E-state index is -4.48. The maximum absolute atomic E-state index is 12.3. The number of nitrogens with zero attached hydrogens (tertiary/aromatic N) is 2. The maximum Gasteiger partial charge on any atom is 0.405 e. The highest BCUT2D eigenvalue weighted by Crippen LogP contribution is 2.31. The molecule has 3 N–H and O–H groups in total. The number of phenols is 1. The highest BCUT2D eigenvalue weighted by Gasteiger charge is 2.27. The highest BCUT2D eigenvalue weighted by atomic mass is 19.4. The van der Waals surface area contributed by atoms with Crippen molar-refractivity contribution >= 4 is 17.4 Å². The number of aromatic hydroxyl groups is 1. The van der Waals surface area contributed by atoms with Crippen molar-refractivity contribution in [2.75, 3.05) is 11.9 Å². The molecule has 2 heterocycles. The van der Waals surface area contributed by atoms with Gasteiger partial charge in [-0.15, -0.1) is 0 Å². The van der Waals surface area contributed by atoms with Crippen LogP contribution in [0.5, 0.6) is 5.75 Å². The smallest absolute Gasteiger partial charge is 0.405 e. The number of pyridine rings is 1. The van der Waals surface area contributed by atoms with Crippen LogP contribution in [0.1, 0.15) is 5.56 Å². The van der Waals surface area contributed by atoms with Gasteiger partial charge in [0.2, 0.25) is 0 Å². The summed E-state index contributed by atoms with van der Waals surface area (Å²) in [5.74, 6) is 0.218. The van der Waals surface area contributed by atoms with E-state index in [0.29, 0.717) is 11.3 Å². The van der Waals surface area contributed by atoms with E-state index in [2.05, 4.69) is 10.3 Å². The monoisotopic (exact) mass is 440 g/mol. The molecule has 0 aliphatic rings. The molecule has 164 valence electrons. The van der Waals surface area contributed by atoms with Crippen LogP contribution in [-0.4, -0.2) is 33.2 Å². The molecule has 0 fully saturated rings. The van der Waals surface area contributed by atoms with Gasteiger partial charge in [0, 0.05) is 17.4 Å². The molecule has 2 amide bonds. The van der Waals surface area contributed by atoms with Gasteiger partial charge in [-0.05, 0) is 53.9 Å². The van der Waals surface area contributed by atoms with E-state index in [9.17, 15) is 23.1 Å². The predicted octanol–water partition coefficient (Wildman–Crippen LogP) is 5.37. The standard InChI is InChI=1S/C23H19F3N4O2/c1-14-18(6-3-7-20(14)31)15-8-9-30-19(12-27-21(30)11-15)16-4-2-5-17(10-16)29-22(32)28-13-23(24,25)26/h2-12,31H,13H2,1H3,(H2,28,29,32). The summed E-state index contributed by atoms with van der Waals surface area (Å²) < 4.78 is 38.7. The summed E-state index contributed by atoms with van der Waals surface area (Å²) in [7, 11) is 0. The van der Waals surface area contributed by atoms with Crippen molar-refractivity contribution in [3.05, 3.63) is 72.6 Å². The zero-order valence-corrected chi connectivity index (χ0v) is 16.9. The van der Waals surface area contributed by atoms with Crippen molar-refractivity contribution in [2.24, 2.45) is 0 Å². The van der Waals surface area contributed by atoms with Gasteiger partial charge in [-0.2, -0.15) is 13.2 Å². The van der Waals surface area contributed by atoms with Gasteiger partial charge in [0.05, 0.1) is 11.9 Å². The van der Waals surface area contributed by atoms with Crippen molar-refractivity contribution < 1.29 is 23.1 Å². The molecule has 32 heavy (non-hydrogen) atoms. The Bertz CT molecular complexity index is 1300. The van der Waals surface area contributed by atoms with Crippen LogP contribution in [0.4, 0.5) is 23.7 Å². The van der Waals surface area contributed by atoms with Gasteiger partial charge in [-0.25, -0.2) is 9.78 Å². The molecule has 4 aromatic rings. The number of hydrogen-bond donors (Lipinski definition) is 3. The Morgan fingerprint density at radius 1 is 1.09 bits per heavy atom. The molecule has 0 unspecified atom stereocenters. The minimum absolute atomic E-state index is 0.218. The lowest BCUT2D eigenvalue weighted by Gasteiger charge is -2.11. The second-order valence-corrected chi connectivity index (χ2v) is 7.24. The fraction of sp³-hybridized carbons (Fsp3) is 0.130. The summed E-state index contributed by atoms with van der Waals surface area (Å²) >= 11 is 0. The van der Waals surface area contributed by atoms with Crippen molar-refractivity contribution in [2.45, 2.75) is 13.1 Å². The lowest BCUT2D eigenvalue weighted by molar-refractivity contribution is -0.122. The van der Waals surface area contributed by atoms with Crippen LogP contribution in [0, 0.1) is 6.92 Å². The summed E-state index contributed by atoms with van der Waals surface area (Å²) in [6, 6.07) is 15.0. The highest BCUT2D eigenvalue weighted by molar-refractivity contribution is 5.90. The number of aromatic nitrogens is 2. The molecule has 2 aromatic heterocycles. The van der Waals surface area contributed by atoms with Crippen molar-refractivity contribution in [1.82, 2.24) is 14.7 Å². The first-order valence-electron chi connectivity index (χ1n) is 9.69. The quantitative estimate of drug-likeness (QED) is 0.399. The normalized spacial score (nSPS) is 11.5. The molecule has 4 rings (SSSR count). The molecule has 0 saturated heterocycles. The Labute approximate surface area is 181 Å². The number of carbonyl (C=O) groups excluding carboxylic acids is 1. The van der Waals surface area contributed by atoms with E-state index < -0.39 is 18.8 Å². The largest absolute Gasteiger partial charge is 0.508 e. The Morgan fingerprint density at radius 3 is 2.66 bits per heavy atom. The van der Waals surface area contributed by atoms with Gasteiger partial charge < -0.3 is 15.7 Å². The predicted molar refractivity (Wildman–Crippen MR) is 116 cm³/mol. The maximum atomic E-state index is 12.3. The molecule has 0 aliphatic carbocycles. The Morgan fingerprint density at radius 2 is 1.88 bits per heavy atom. The molecule has 0 spiro atoms. The first-order valence-corrected chi connectivity index (χ1v) is 9.69. The van der Waals surface area contributed by atoms with Crippen LogP contribution in [-0.2, 0) is 0 Å². The Balaban J connectivity index is 1.60. The van der Waals surface area contributed by atoms with Crippen molar-refractivity contribution in [3.8, 4) is 28.1 Å². The number of benzene rings is 2. The van der Waals surface area contributed by atoms with Crippen LogP contribution in [0.15, 0.2) is 67.0 Å². The first-order chi connectivity index (χ1) is 15.2. The van der Waals surface area contributed by atoms with Gasteiger partial charge >= 0.3 is 12.2 Å². The molecule has 0 atom stereocenters. The average molecular weight is 440 g/mol. The minimum Gasteiger partial charge on any atom is -0.508 e. The molecular weight excluding hydrogens is 421 g/mol. The molecule has 0 radical (unpaired) electrons. The van der Waals surface area contributed by atoms with Crippen molar-refractivity contribution in [3.63, 3.8) is 0 Å².